The van der Waals surface area contributed by atoms with Gasteiger partial charge in [0, 0.05) is 18.7 Å². The topological polar surface area (TPSA) is 47.1 Å². The minimum atomic E-state index is 0.770. The fourth-order valence-electron chi connectivity index (χ4n) is 3.32. The van der Waals surface area contributed by atoms with Gasteiger partial charge in [0.15, 0.2) is 0 Å². The molecule has 4 heteroatoms. The summed E-state index contributed by atoms with van der Waals surface area (Å²) in [5.74, 6) is 1.99. The van der Waals surface area contributed by atoms with Gasteiger partial charge in [0.25, 0.3) is 0 Å². The highest BCUT2D eigenvalue weighted by Gasteiger charge is 2.19. The smallest absolute Gasteiger partial charge is 0.109 e. The summed E-state index contributed by atoms with van der Waals surface area (Å²) in [6.45, 7) is 5.75. The number of hydrogen-bond acceptors (Lipinski definition) is 3. The number of nitrogens with two attached hydrogens (primary N) is 1. The Morgan fingerprint density at radius 2 is 2.05 bits per heavy atom. The lowest BCUT2D eigenvalue weighted by atomic mass is 9.97. The van der Waals surface area contributed by atoms with Crippen LogP contribution in [0.2, 0.25) is 0 Å². The number of nitrogens with zero attached hydrogens (tertiary/aromatic N) is 3. The SMILES string of the molecule is CCCc1nc2cc(N)ccc2n1CC1CCN(C)CC1. The first-order valence-electron chi connectivity index (χ1n) is 8.10. The van der Waals surface area contributed by atoms with E-state index < -0.39 is 0 Å². The molecule has 1 fully saturated rings. The number of piperidine rings is 1. The Morgan fingerprint density at radius 1 is 1.29 bits per heavy atom. The van der Waals surface area contributed by atoms with Crippen molar-refractivity contribution in [2.24, 2.45) is 5.92 Å². The van der Waals surface area contributed by atoms with Gasteiger partial charge in [-0.2, -0.15) is 0 Å². The maximum atomic E-state index is 5.90. The molecule has 1 saturated heterocycles. The van der Waals surface area contributed by atoms with Crippen molar-refractivity contribution in [3.63, 3.8) is 0 Å². The first kappa shape index (κ1) is 14.4. The number of rotatable bonds is 4. The first-order valence-corrected chi connectivity index (χ1v) is 8.10. The second-order valence-electron chi connectivity index (χ2n) is 6.38. The molecule has 0 saturated carbocycles. The largest absolute Gasteiger partial charge is 0.399 e. The van der Waals surface area contributed by atoms with Crippen molar-refractivity contribution in [3.05, 3.63) is 24.0 Å². The third-order valence-corrected chi connectivity index (χ3v) is 4.60. The Hall–Kier alpha value is -1.55. The van der Waals surface area contributed by atoms with Crippen LogP contribution in [0.4, 0.5) is 5.69 Å². The predicted octanol–water partition coefficient (Wildman–Crippen LogP) is 2.91. The van der Waals surface area contributed by atoms with Gasteiger partial charge in [-0.1, -0.05) is 6.92 Å². The van der Waals surface area contributed by atoms with E-state index in [0.29, 0.717) is 0 Å². The lowest BCUT2D eigenvalue weighted by molar-refractivity contribution is 0.205. The monoisotopic (exact) mass is 286 g/mol. The van der Waals surface area contributed by atoms with Gasteiger partial charge in [0.1, 0.15) is 5.82 Å². The summed E-state index contributed by atoms with van der Waals surface area (Å²) in [4.78, 5) is 7.24. The van der Waals surface area contributed by atoms with Crippen LogP contribution in [0.15, 0.2) is 18.2 Å². The highest BCUT2D eigenvalue weighted by Crippen LogP contribution is 2.24. The maximum absolute atomic E-state index is 5.90. The molecular weight excluding hydrogens is 260 g/mol. The van der Waals surface area contributed by atoms with Crippen LogP contribution < -0.4 is 5.73 Å². The van der Waals surface area contributed by atoms with Crippen LogP contribution in [-0.2, 0) is 13.0 Å². The molecule has 0 radical (unpaired) electrons. The highest BCUT2D eigenvalue weighted by atomic mass is 15.1. The Balaban J connectivity index is 1.89. The number of nitrogen functional groups attached to an aromatic ring is 1. The van der Waals surface area contributed by atoms with Crippen molar-refractivity contribution in [1.82, 2.24) is 14.5 Å². The maximum Gasteiger partial charge on any atom is 0.109 e. The van der Waals surface area contributed by atoms with E-state index in [-0.39, 0.29) is 0 Å². The van der Waals surface area contributed by atoms with Gasteiger partial charge in [-0.3, -0.25) is 0 Å². The van der Waals surface area contributed by atoms with E-state index in [1.54, 1.807) is 0 Å². The third-order valence-electron chi connectivity index (χ3n) is 4.60. The lowest BCUT2D eigenvalue weighted by Gasteiger charge is -2.29. The molecule has 0 aliphatic carbocycles. The second kappa shape index (κ2) is 6.06. The standard InChI is InChI=1S/C17H26N4/c1-3-4-17-19-15-11-14(18)5-6-16(15)21(17)12-13-7-9-20(2)10-8-13/h5-6,11,13H,3-4,7-10,12,18H2,1-2H3. The molecule has 0 atom stereocenters. The summed E-state index contributed by atoms with van der Waals surface area (Å²) in [5.41, 5.74) is 8.99. The van der Waals surface area contributed by atoms with Crippen molar-refractivity contribution in [2.45, 2.75) is 39.2 Å². The van der Waals surface area contributed by atoms with Crippen LogP contribution in [0.25, 0.3) is 11.0 Å². The molecule has 1 aromatic heterocycles. The highest BCUT2D eigenvalue weighted by molar-refractivity contribution is 5.79. The van der Waals surface area contributed by atoms with Gasteiger partial charge in [-0.15, -0.1) is 0 Å². The molecule has 2 heterocycles. The number of imidazole rings is 1. The Kier molecular flexibility index (Phi) is 4.15. The summed E-state index contributed by atoms with van der Waals surface area (Å²) in [7, 11) is 2.22. The number of aryl methyl sites for hydroxylation is 1. The van der Waals surface area contributed by atoms with Crippen molar-refractivity contribution in [1.29, 1.82) is 0 Å². The zero-order valence-corrected chi connectivity index (χ0v) is 13.2. The molecule has 114 valence electrons. The van der Waals surface area contributed by atoms with Crippen LogP contribution >= 0.6 is 0 Å². The van der Waals surface area contributed by atoms with Crippen molar-refractivity contribution in [3.8, 4) is 0 Å². The number of fused-ring (bicyclic) bond motifs is 1. The molecule has 0 unspecified atom stereocenters. The minimum absolute atomic E-state index is 0.770. The summed E-state index contributed by atoms with van der Waals surface area (Å²) in [5, 5.41) is 0. The minimum Gasteiger partial charge on any atom is -0.399 e. The van der Waals surface area contributed by atoms with E-state index in [1.807, 2.05) is 12.1 Å². The summed E-state index contributed by atoms with van der Waals surface area (Å²) in [6, 6.07) is 6.12. The molecular formula is C17H26N4. The number of benzene rings is 1. The molecule has 2 aromatic rings. The molecule has 0 amide bonds. The fourth-order valence-corrected chi connectivity index (χ4v) is 3.32. The predicted molar refractivity (Wildman–Crippen MR) is 88.4 cm³/mol. The van der Waals surface area contributed by atoms with Crippen LogP contribution in [0.1, 0.15) is 32.0 Å². The number of anilines is 1. The quantitative estimate of drug-likeness (QED) is 0.879. The number of aromatic nitrogens is 2. The Bertz CT molecular complexity index is 609. The summed E-state index contributed by atoms with van der Waals surface area (Å²) in [6.07, 6.45) is 4.75. The van der Waals surface area contributed by atoms with Crippen LogP contribution in [0.3, 0.4) is 0 Å². The van der Waals surface area contributed by atoms with E-state index >= 15 is 0 Å². The fraction of sp³-hybridized carbons (Fsp3) is 0.588. The molecule has 1 aliphatic heterocycles. The van der Waals surface area contributed by atoms with Crippen LogP contribution in [0.5, 0.6) is 0 Å². The Morgan fingerprint density at radius 3 is 2.76 bits per heavy atom. The Labute approximate surface area is 126 Å². The lowest BCUT2D eigenvalue weighted by Crippen LogP contribution is -2.32. The average molecular weight is 286 g/mol. The van der Waals surface area contributed by atoms with E-state index in [4.69, 9.17) is 10.7 Å². The molecule has 1 aliphatic rings. The molecule has 1 aromatic carbocycles. The van der Waals surface area contributed by atoms with Gasteiger partial charge < -0.3 is 15.2 Å². The molecule has 3 rings (SSSR count). The first-order chi connectivity index (χ1) is 10.2. The van der Waals surface area contributed by atoms with Gasteiger partial charge in [-0.25, -0.2) is 4.98 Å². The number of hydrogen-bond donors (Lipinski definition) is 1. The third kappa shape index (κ3) is 3.05. The van der Waals surface area contributed by atoms with E-state index in [0.717, 1.165) is 36.5 Å². The van der Waals surface area contributed by atoms with Crippen molar-refractivity contribution >= 4 is 16.7 Å². The number of likely N-dealkylation sites (tertiary alicyclic amines) is 1. The van der Waals surface area contributed by atoms with E-state index in [1.165, 1.54) is 37.3 Å². The zero-order chi connectivity index (χ0) is 14.8. The zero-order valence-electron chi connectivity index (χ0n) is 13.2. The molecule has 0 bridgehead atoms. The van der Waals surface area contributed by atoms with Gasteiger partial charge in [-0.05, 0) is 63.5 Å². The average Bonchev–Trinajstić information content (AvgIpc) is 2.79. The van der Waals surface area contributed by atoms with Gasteiger partial charge in [0.2, 0.25) is 0 Å². The molecule has 21 heavy (non-hydrogen) atoms. The van der Waals surface area contributed by atoms with Gasteiger partial charge in [0.05, 0.1) is 11.0 Å². The van der Waals surface area contributed by atoms with Crippen molar-refractivity contribution < 1.29 is 0 Å². The van der Waals surface area contributed by atoms with E-state index in [9.17, 15) is 0 Å². The normalized spacial score (nSPS) is 17.6. The molecule has 4 nitrogen and oxygen atoms in total. The van der Waals surface area contributed by atoms with E-state index in [2.05, 4.69) is 29.5 Å². The molecule has 0 spiro atoms. The summed E-state index contributed by atoms with van der Waals surface area (Å²) >= 11 is 0. The second-order valence-corrected chi connectivity index (χ2v) is 6.38. The molecule has 2 N–H and O–H groups in total. The van der Waals surface area contributed by atoms with Gasteiger partial charge >= 0.3 is 0 Å². The van der Waals surface area contributed by atoms with Crippen LogP contribution in [0, 0.1) is 5.92 Å². The van der Waals surface area contributed by atoms with Crippen LogP contribution in [-0.4, -0.2) is 34.6 Å². The van der Waals surface area contributed by atoms with Crippen molar-refractivity contribution in [2.75, 3.05) is 25.9 Å². The summed E-state index contributed by atoms with van der Waals surface area (Å²) < 4.78 is 2.44.